The largest absolute Gasteiger partial charge is 0.394 e. The van der Waals surface area contributed by atoms with Gasteiger partial charge in [-0.15, -0.1) is 0 Å². The number of allylic oxidation sites excluding steroid dienone is 2. The second-order valence-corrected chi connectivity index (χ2v) is 20.4. The predicted octanol–water partition coefficient (Wildman–Crippen LogP) is 11.6. The maximum absolute atomic E-state index is 13.2. The first-order chi connectivity index (χ1) is 32.7. The first-order valence-electron chi connectivity index (χ1n) is 28.6. The number of carbonyl (C=O) groups is 1. The molecule has 0 aromatic rings. The van der Waals surface area contributed by atoms with E-state index in [-0.39, 0.29) is 6.42 Å². The maximum atomic E-state index is 13.2. The van der Waals surface area contributed by atoms with Gasteiger partial charge < -0.3 is 50.5 Å². The minimum Gasteiger partial charge on any atom is -0.394 e. The summed E-state index contributed by atoms with van der Waals surface area (Å²) in [5.41, 5.74) is 0. The van der Waals surface area contributed by atoms with Crippen LogP contribution < -0.4 is 5.32 Å². The highest BCUT2D eigenvalue weighted by Crippen LogP contribution is 2.23. The Balaban J connectivity index is 2.32. The van der Waals surface area contributed by atoms with Gasteiger partial charge in [0.05, 0.1) is 25.4 Å². The van der Waals surface area contributed by atoms with E-state index in [0.29, 0.717) is 19.3 Å². The van der Waals surface area contributed by atoms with Crippen molar-refractivity contribution in [2.75, 3.05) is 13.2 Å². The monoisotopic (exact) mass is 956 g/mol. The van der Waals surface area contributed by atoms with Gasteiger partial charge in [-0.2, -0.15) is 0 Å². The molecule has 0 aromatic carbocycles. The Hall–Kier alpha value is -1.15. The molecule has 11 heteroatoms. The molecule has 1 heterocycles. The van der Waals surface area contributed by atoms with Crippen LogP contribution in [0.3, 0.4) is 0 Å². The van der Waals surface area contributed by atoms with Crippen LogP contribution in [-0.2, 0) is 14.3 Å². The van der Waals surface area contributed by atoms with Gasteiger partial charge in [-0.3, -0.25) is 4.79 Å². The summed E-state index contributed by atoms with van der Waals surface area (Å²) in [6.07, 6.45) is 41.1. The van der Waals surface area contributed by atoms with Crippen molar-refractivity contribution in [1.29, 1.82) is 0 Å². The molecule has 0 aliphatic carbocycles. The number of rotatable bonds is 49. The quantitative estimate of drug-likeness (QED) is 0.0215. The molecule has 1 aliphatic heterocycles. The van der Waals surface area contributed by atoms with Crippen LogP contribution in [0.1, 0.15) is 271 Å². The molecule has 1 amide bonds. The second kappa shape index (κ2) is 46.0. The number of aliphatic hydroxyl groups excluding tert-OH is 7. The van der Waals surface area contributed by atoms with E-state index in [1.807, 2.05) is 0 Å². The molecule has 11 nitrogen and oxygen atoms in total. The zero-order valence-corrected chi connectivity index (χ0v) is 43.4. The molecule has 67 heavy (non-hydrogen) atoms. The smallest absolute Gasteiger partial charge is 0.249 e. The fourth-order valence-electron chi connectivity index (χ4n) is 9.38. The number of hydrogen-bond donors (Lipinski definition) is 8. The summed E-state index contributed by atoms with van der Waals surface area (Å²) in [6, 6.07) is -1.17. The molecule has 0 saturated carbocycles. The third kappa shape index (κ3) is 34.8. The van der Waals surface area contributed by atoms with Crippen LogP contribution in [-0.4, -0.2) is 110 Å². The number of carbonyl (C=O) groups excluding carboxylic acids is 1. The van der Waals surface area contributed by atoms with Crippen molar-refractivity contribution in [2.24, 2.45) is 0 Å². The van der Waals surface area contributed by atoms with Crippen molar-refractivity contribution < 1.29 is 50.0 Å². The summed E-state index contributed by atoms with van der Waals surface area (Å²) in [4.78, 5) is 13.2. The summed E-state index contributed by atoms with van der Waals surface area (Å²) in [7, 11) is 0. The van der Waals surface area contributed by atoms with Gasteiger partial charge in [0.2, 0.25) is 5.91 Å². The first-order valence-corrected chi connectivity index (χ1v) is 28.6. The Labute approximate surface area is 411 Å². The van der Waals surface area contributed by atoms with Gasteiger partial charge in [0.1, 0.15) is 36.6 Å². The molecule has 1 rings (SSSR count). The summed E-state index contributed by atoms with van der Waals surface area (Å²) in [6.45, 7) is 3.48. The van der Waals surface area contributed by atoms with E-state index in [0.717, 1.165) is 51.4 Å². The molecule has 398 valence electrons. The third-order valence-corrected chi connectivity index (χ3v) is 14.1. The molecule has 0 radical (unpaired) electrons. The van der Waals surface area contributed by atoms with E-state index in [1.165, 1.54) is 180 Å². The van der Waals surface area contributed by atoms with Crippen LogP contribution in [0.15, 0.2) is 12.2 Å². The second-order valence-electron chi connectivity index (χ2n) is 20.4. The average Bonchev–Trinajstić information content (AvgIpc) is 3.33. The number of ether oxygens (including phenoxy) is 2. The van der Waals surface area contributed by atoms with E-state index in [4.69, 9.17) is 9.47 Å². The lowest BCUT2D eigenvalue weighted by Crippen LogP contribution is -2.60. The molecule has 1 fully saturated rings. The van der Waals surface area contributed by atoms with Crippen LogP contribution in [0.25, 0.3) is 0 Å². The molecule has 9 atom stereocenters. The Morgan fingerprint density at radius 3 is 1.25 bits per heavy atom. The van der Waals surface area contributed by atoms with Crippen molar-refractivity contribution >= 4 is 5.91 Å². The lowest BCUT2D eigenvalue weighted by atomic mass is 9.98. The molecule has 9 unspecified atom stereocenters. The molecule has 0 bridgehead atoms. The molecule has 8 N–H and O–H groups in total. The van der Waals surface area contributed by atoms with Gasteiger partial charge in [-0.1, -0.05) is 244 Å². The highest BCUT2D eigenvalue weighted by molar-refractivity contribution is 5.80. The van der Waals surface area contributed by atoms with Gasteiger partial charge >= 0.3 is 0 Å². The molecular formula is C56H109NO10. The van der Waals surface area contributed by atoms with E-state index in [2.05, 4.69) is 31.3 Å². The van der Waals surface area contributed by atoms with Gasteiger partial charge in [-0.05, 0) is 38.5 Å². The first kappa shape index (κ1) is 63.9. The van der Waals surface area contributed by atoms with Crippen molar-refractivity contribution in [2.45, 2.75) is 326 Å². The van der Waals surface area contributed by atoms with Crippen LogP contribution >= 0.6 is 0 Å². The SMILES string of the molecule is CCCCCCCCCC/C=C\CCCCCCCCC(O)C(=O)NC(COC1OC(CO)C(O)C(O)C1O)C(O)C(O)CCCCCCCCCCCCCCCCCCCCCCCC. The van der Waals surface area contributed by atoms with Crippen molar-refractivity contribution in [1.82, 2.24) is 5.32 Å². The number of nitrogens with one attached hydrogen (secondary N) is 1. The summed E-state index contributed by atoms with van der Waals surface area (Å²) >= 11 is 0. The van der Waals surface area contributed by atoms with Crippen LogP contribution in [0, 0.1) is 0 Å². The fraction of sp³-hybridized carbons (Fsp3) is 0.946. The molecule has 1 saturated heterocycles. The number of hydrogen-bond acceptors (Lipinski definition) is 10. The molecule has 0 spiro atoms. The Morgan fingerprint density at radius 1 is 0.507 bits per heavy atom. The van der Waals surface area contributed by atoms with Crippen LogP contribution in [0.4, 0.5) is 0 Å². The molecular weight excluding hydrogens is 847 g/mol. The van der Waals surface area contributed by atoms with Gasteiger partial charge in [0.25, 0.3) is 0 Å². The van der Waals surface area contributed by atoms with Gasteiger partial charge in [0.15, 0.2) is 6.29 Å². The minimum atomic E-state index is -1.66. The summed E-state index contributed by atoms with van der Waals surface area (Å²) in [5.74, 6) is -0.697. The van der Waals surface area contributed by atoms with E-state index in [1.54, 1.807) is 0 Å². The molecule has 1 aliphatic rings. The van der Waals surface area contributed by atoms with E-state index >= 15 is 0 Å². The zero-order chi connectivity index (χ0) is 49.0. The molecule has 0 aromatic heterocycles. The van der Waals surface area contributed by atoms with Crippen molar-refractivity contribution in [3.63, 3.8) is 0 Å². The Morgan fingerprint density at radius 2 is 0.866 bits per heavy atom. The lowest BCUT2D eigenvalue weighted by molar-refractivity contribution is -0.303. The van der Waals surface area contributed by atoms with Crippen LogP contribution in [0.2, 0.25) is 0 Å². The van der Waals surface area contributed by atoms with Crippen molar-refractivity contribution in [3.05, 3.63) is 12.2 Å². The topological polar surface area (TPSA) is 189 Å². The lowest BCUT2D eigenvalue weighted by Gasteiger charge is -2.40. The summed E-state index contributed by atoms with van der Waals surface area (Å²) < 4.78 is 11.1. The fourth-order valence-corrected chi connectivity index (χ4v) is 9.38. The Bertz CT molecular complexity index is 1100. The van der Waals surface area contributed by atoms with Gasteiger partial charge in [0, 0.05) is 0 Å². The number of amides is 1. The number of unbranched alkanes of at least 4 members (excludes halogenated alkanes) is 35. The van der Waals surface area contributed by atoms with E-state index in [9.17, 15) is 40.5 Å². The Kier molecular flexibility index (Phi) is 43.8. The predicted molar refractivity (Wildman–Crippen MR) is 275 cm³/mol. The highest BCUT2D eigenvalue weighted by Gasteiger charge is 2.44. The van der Waals surface area contributed by atoms with Crippen LogP contribution in [0.5, 0.6) is 0 Å². The normalized spacial score (nSPS) is 20.6. The maximum Gasteiger partial charge on any atom is 0.249 e. The third-order valence-electron chi connectivity index (χ3n) is 14.1. The number of aliphatic hydroxyl groups is 7. The van der Waals surface area contributed by atoms with E-state index < -0.39 is 74.2 Å². The highest BCUT2D eigenvalue weighted by atomic mass is 16.7. The van der Waals surface area contributed by atoms with Crippen molar-refractivity contribution in [3.8, 4) is 0 Å². The average molecular weight is 956 g/mol. The van der Waals surface area contributed by atoms with Gasteiger partial charge in [-0.25, -0.2) is 0 Å². The minimum absolute atomic E-state index is 0.256. The standard InChI is InChI=1S/C56H109NO10/c1-3-5-7-9-11-13-15-17-19-21-23-24-25-26-28-29-31-33-35-37-39-41-43-48(59)51(61)47(46-66-56-54(64)53(63)52(62)50(45-58)67-56)57-55(65)49(60)44-42-40-38-36-34-32-30-27-22-20-18-16-14-12-10-8-6-4-2/h22,27,47-54,56,58-64H,3-21,23-26,28-46H2,1-2H3,(H,57,65)/b27-22-. The zero-order valence-electron chi connectivity index (χ0n) is 43.4. The summed E-state index contributed by atoms with van der Waals surface area (Å²) in [5, 5.41) is 76.1.